The highest BCUT2D eigenvalue weighted by molar-refractivity contribution is 14.0. The molecule has 1 aliphatic carbocycles. The molecule has 1 amide bonds. The minimum atomic E-state index is -0.594. The van der Waals surface area contributed by atoms with Gasteiger partial charge < -0.3 is 16.0 Å². The van der Waals surface area contributed by atoms with Gasteiger partial charge in [0.05, 0.1) is 12.0 Å². The predicted molar refractivity (Wildman–Crippen MR) is 106 cm³/mol. The first-order chi connectivity index (χ1) is 10.4. The normalized spacial score (nSPS) is 21.2. The van der Waals surface area contributed by atoms with Gasteiger partial charge in [-0.05, 0) is 45.4 Å². The average molecular weight is 436 g/mol. The number of hydrogen-bond acceptors (Lipinski definition) is 2. The summed E-state index contributed by atoms with van der Waals surface area (Å²) in [5.41, 5.74) is 5.37. The van der Waals surface area contributed by atoms with Gasteiger partial charge in [-0.3, -0.25) is 9.79 Å². The van der Waals surface area contributed by atoms with Crippen molar-refractivity contribution in [3.8, 4) is 0 Å². The molecule has 1 aliphatic heterocycles. The minimum Gasteiger partial charge on any atom is -0.369 e. The average Bonchev–Trinajstić information content (AvgIpc) is 2.87. The van der Waals surface area contributed by atoms with Crippen LogP contribution in [0.3, 0.4) is 0 Å². The number of primary amides is 1. The molecule has 0 aromatic heterocycles. The molecule has 5 nitrogen and oxygen atoms in total. The topological polar surface area (TPSA) is 70.7 Å². The third-order valence-electron chi connectivity index (χ3n) is 5.28. The van der Waals surface area contributed by atoms with E-state index >= 15 is 0 Å². The summed E-state index contributed by atoms with van der Waals surface area (Å²) in [7, 11) is 0. The zero-order chi connectivity index (χ0) is 16.2. The standard InChI is InChI=1S/C17H32N4O.HI/c1-4-19-15(20-12-16(2,3)14(18)22)21-11-10-17(13-21)8-6-5-7-9-17;/h4-13H2,1-3H3,(H2,18,22)(H,19,20);1H. The summed E-state index contributed by atoms with van der Waals surface area (Å²) in [5.74, 6) is 0.650. The second-order valence-electron chi connectivity index (χ2n) is 7.65. The molecule has 1 saturated heterocycles. The number of guanidine groups is 1. The van der Waals surface area contributed by atoms with Crippen molar-refractivity contribution in [1.29, 1.82) is 0 Å². The van der Waals surface area contributed by atoms with Crippen LogP contribution in [-0.2, 0) is 4.79 Å². The molecular formula is C17H33IN4O. The van der Waals surface area contributed by atoms with Crippen LogP contribution in [0.25, 0.3) is 0 Å². The Hall–Kier alpha value is -0.530. The van der Waals surface area contributed by atoms with E-state index in [2.05, 4.69) is 17.1 Å². The van der Waals surface area contributed by atoms with Gasteiger partial charge in [0.2, 0.25) is 5.91 Å². The van der Waals surface area contributed by atoms with Crippen molar-refractivity contribution < 1.29 is 4.79 Å². The molecule has 0 bridgehead atoms. The van der Waals surface area contributed by atoms with Crippen LogP contribution < -0.4 is 11.1 Å². The highest BCUT2D eigenvalue weighted by Crippen LogP contribution is 2.43. The Kier molecular flexibility index (Phi) is 7.61. The second-order valence-corrected chi connectivity index (χ2v) is 7.65. The van der Waals surface area contributed by atoms with Gasteiger partial charge in [0.25, 0.3) is 0 Å². The lowest BCUT2D eigenvalue weighted by atomic mass is 9.73. The van der Waals surface area contributed by atoms with Crippen LogP contribution in [0.2, 0.25) is 0 Å². The molecule has 1 heterocycles. The first-order valence-electron chi connectivity index (χ1n) is 8.72. The van der Waals surface area contributed by atoms with Crippen molar-refractivity contribution in [2.45, 2.75) is 59.3 Å². The molecule has 0 atom stereocenters. The lowest BCUT2D eigenvalue weighted by Gasteiger charge is -2.33. The smallest absolute Gasteiger partial charge is 0.224 e. The third-order valence-corrected chi connectivity index (χ3v) is 5.28. The molecule has 2 fully saturated rings. The van der Waals surface area contributed by atoms with Gasteiger partial charge in [-0.15, -0.1) is 24.0 Å². The Bertz CT molecular complexity index is 430. The van der Waals surface area contributed by atoms with Crippen LogP contribution in [0, 0.1) is 10.8 Å². The number of nitrogens with one attached hydrogen (secondary N) is 1. The molecule has 134 valence electrons. The summed E-state index contributed by atoms with van der Waals surface area (Å²) >= 11 is 0. The van der Waals surface area contributed by atoms with E-state index in [0.717, 1.165) is 25.6 Å². The van der Waals surface area contributed by atoms with Crippen molar-refractivity contribution in [3.05, 3.63) is 0 Å². The fourth-order valence-corrected chi connectivity index (χ4v) is 3.60. The fraction of sp³-hybridized carbons (Fsp3) is 0.882. The van der Waals surface area contributed by atoms with Crippen LogP contribution in [0.15, 0.2) is 4.99 Å². The summed E-state index contributed by atoms with van der Waals surface area (Å²) in [6.45, 7) is 9.26. The molecule has 23 heavy (non-hydrogen) atoms. The largest absolute Gasteiger partial charge is 0.369 e. The number of likely N-dealkylation sites (tertiary alicyclic amines) is 1. The van der Waals surface area contributed by atoms with Crippen molar-refractivity contribution in [2.24, 2.45) is 21.6 Å². The maximum absolute atomic E-state index is 11.5. The van der Waals surface area contributed by atoms with Gasteiger partial charge in [-0.25, -0.2) is 0 Å². The van der Waals surface area contributed by atoms with Gasteiger partial charge in [-0.1, -0.05) is 19.3 Å². The van der Waals surface area contributed by atoms with E-state index in [1.54, 1.807) is 0 Å². The summed E-state index contributed by atoms with van der Waals surface area (Å²) < 4.78 is 0. The second kappa shape index (κ2) is 8.53. The van der Waals surface area contributed by atoms with Crippen molar-refractivity contribution in [2.75, 3.05) is 26.2 Å². The Morgan fingerprint density at radius 3 is 2.48 bits per heavy atom. The number of rotatable bonds is 4. The lowest BCUT2D eigenvalue weighted by molar-refractivity contribution is -0.125. The monoisotopic (exact) mass is 436 g/mol. The Balaban J connectivity index is 0.00000264. The van der Waals surface area contributed by atoms with Gasteiger partial charge in [0.15, 0.2) is 5.96 Å². The van der Waals surface area contributed by atoms with E-state index in [1.807, 2.05) is 13.8 Å². The summed E-state index contributed by atoms with van der Waals surface area (Å²) in [6.07, 6.45) is 8.12. The van der Waals surface area contributed by atoms with Gasteiger partial charge in [0, 0.05) is 19.6 Å². The molecule has 0 aromatic carbocycles. The molecule has 0 aromatic rings. The molecule has 2 aliphatic rings. The van der Waals surface area contributed by atoms with E-state index < -0.39 is 5.41 Å². The highest BCUT2D eigenvalue weighted by Gasteiger charge is 2.39. The van der Waals surface area contributed by atoms with Crippen LogP contribution in [0.5, 0.6) is 0 Å². The molecule has 0 radical (unpaired) electrons. The number of aliphatic imine (C=N–C) groups is 1. The lowest BCUT2D eigenvalue weighted by Crippen LogP contribution is -2.43. The van der Waals surface area contributed by atoms with E-state index in [4.69, 9.17) is 10.7 Å². The number of hydrogen-bond donors (Lipinski definition) is 2. The zero-order valence-corrected chi connectivity index (χ0v) is 17.2. The quantitative estimate of drug-likeness (QED) is 0.405. The summed E-state index contributed by atoms with van der Waals surface area (Å²) in [6, 6.07) is 0. The van der Waals surface area contributed by atoms with E-state index in [1.165, 1.54) is 38.5 Å². The minimum absolute atomic E-state index is 0. The molecule has 1 saturated carbocycles. The maximum atomic E-state index is 11.5. The maximum Gasteiger partial charge on any atom is 0.224 e. The number of nitrogens with two attached hydrogens (primary N) is 1. The highest BCUT2D eigenvalue weighted by atomic mass is 127. The molecule has 2 rings (SSSR count). The summed E-state index contributed by atoms with van der Waals surface area (Å²) in [5, 5.41) is 3.38. The van der Waals surface area contributed by atoms with Crippen molar-refractivity contribution in [1.82, 2.24) is 10.2 Å². The van der Waals surface area contributed by atoms with E-state index in [9.17, 15) is 4.79 Å². The Morgan fingerprint density at radius 2 is 1.91 bits per heavy atom. The SMILES string of the molecule is CCNC(=NCC(C)(C)C(N)=O)N1CCC2(CCCCC2)C1.I. The Labute approximate surface area is 157 Å². The van der Waals surface area contributed by atoms with Crippen LogP contribution >= 0.6 is 24.0 Å². The third kappa shape index (κ3) is 5.22. The predicted octanol–water partition coefficient (Wildman–Crippen LogP) is 2.74. The van der Waals surface area contributed by atoms with Gasteiger partial charge in [-0.2, -0.15) is 0 Å². The molecule has 6 heteroatoms. The first-order valence-corrected chi connectivity index (χ1v) is 8.72. The number of halogens is 1. The number of amides is 1. The number of nitrogens with zero attached hydrogens (tertiary/aromatic N) is 2. The van der Waals surface area contributed by atoms with E-state index in [-0.39, 0.29) is 29.9 Å². The van der Waals surface area contributed by atoms with Crippen LogP contribution in [-0.4, -0.2) is 42.9 Å². The summed E-state index contributed by atoms with van der Waals surface area (Å²) in [4.78, 5) is 18.6. The van der Waals surface area contributed by atoms with E-state index in [0.29, 0.717) is 12.0 Å². The number of carbonyl (C=O) groups excluding carboxylic acids is 1. The van der Waals surface area contributed by atoms with Gasteiger partial charge in [0.1, 0.15) is 0 Å². The molecule has 1 spiro atoms. The van der Waals surface area contributed by atoms with Crippen molar-refractivity contribution >= 4 is 35.8 Å². The fourth-order valence-electron chi connectivity index (χ4n) is 3.60. The molecular weight excluding hydrogens is 403 g/mol. The van der Waals surface area contributed by atoms with Crippen LogP contribution in [0.1, 0.15) is 59.3 Å². The van der Waals surface area contributed by atoms with Crippen molar-refractivity contribution in [3.63, 3.8) is 0 Å². The first kappa shape index (κ1) is 20.5. The number of carbonyl (C=O) groups is 1. The molecule has 0 unspecified atom stereocenters. The Morgan fingerprint density at radius 1 is 1.26 bits per heavy atom. The zero-order valence-electron chi connectivity index (χ0n) is 14.9. The van der Waals surface area contributed by atoms with Gasteiger partial charge >= 0.3 is 0 Å². The van der Waals surface area contributed by atoms with Crippen LogP contribution in [0.4, 0.5) is 0 Å². The molecule has 3 N–H and O–H groups in total.